The molecule has 11 aromatic rings. The summed E-state index contributed by atoms with van der Waals surface area (Å²) in [6.45, 7) is 0. The van der Waals surface area contributed by atoms with Gasteiger partial charge >= 0.3 is 0 Å². The van der Waals surface area contributed by atoms with Crippen LogP contribution in [0.2, 0.25) is 0 Å². The van der Waals surface area contributed by atoms with E-state index >= 15 is 0 Å². The molecule has 1 heteroatoms. The molecule has 240 valence electrons. The number of hydrogen-bond acceptors (Lipinski definition) is 1. The smallest absolute Gasteiger partial charge is 0.0788 e. The van der Waals surface area contributed by atoms with Crippen LogP contribution in [0.3, 0.4) is 0 Å². The number of rotatable bonds is 3. The van der Waals surface area contributed by atoms with Crippen molar-refractivity contribution in [2.45, 2.75) is 0 Å². The first kappa shape index (κ1) is 29.0. The van der Waals surface area contributed by atoms with Gasteiger partial charge in [-0.05, 0) is 88.2 Å². The second-order valence-corrected chi connectivity index (χ2v) is 13.8. The van der Waals surface area contributed by atoms with E-state index in [2.05, 4.69) is 188 Å². The number of nitrogens with zero attached hydrogens (tertiary/aromatic N) is 1. The Morgan fingerprint density at radius 1 is 0.288 bits per heavy atom. The molecule has 1 nitrogen and oxygen atoms in total. The maximum atomic E-state index is 5.47. The molecule has 1 heterocycles. The van der Waals surface area contributed by atoms with Gasteiger partial charge in [-0.1, -0.05) is 176 Å². The molecule has 0 saturated carbocycles. The number of benzene rings is 10. The van der Waals surface area contributed by atoms with E-state index in [0.29, 0.717) is 0 Å². The van der Waals surface area contributed by atoms with Crippen LogP contribution in [0.25, 0.3) is 109 Å². The zero-order valence-electron chi connectivity index (χ0n) is 28.3. The van der Waals surface area contributed by atoms with Gasteiger partial charge in [0.15, 0.2) is 0 Å². The molecule has 0 N–H and O–H groups in total. The van der Waals surface area contributed by atoms with Crippen LogP contribution in [-0.4, -0.2) is 4.98 Å². The summed E-state index contributed by atoms with van der Waals surface area (Å²) in [6, 6.07) is 68.7. The summed E-state index contributed by atoms with van der Waals surface area (Å²) in [5, 5.41) is 16.1. The Kier molecular flexibility index (Phi) is 6.32. The molecule has 0 bridgehead atoms. The van der Waals surface area contributed by atoms with E-state index < -0.39 is 0 Å². The summed E-state index contributed by atoms with van der Waals surface area (Å²) in [5.74, 6) is 0. The Morgan fingerprint density at radius 2 is 0.788 bits per heavy atom. The molecule has 0 radical (unpaired) electrons. The van der Waals surface area contributed by atoms with E-state index in [1.807, 2.05) is 0 Å². The highest BCUT2D eigenvalue weighted by Crippen LogP contribution is 2.49. The van der Waals surface area contributed by atoms with Gasteiger partial charge in [-0.3, -0.25) is 0 Å². The average Bonchev–Trinajstić information content (AvgIpc) is 3.22. The second kappa shape index (κ2) is 11.3. The zero-order valence-corrected chi connectivity index (χ0v) is 28.3. The Morgan fingerprint density at radius 3 is 1.46 bits per heavy atom. The number of aromatic nitrogens is 1. The molecule has 11 rings (SSSR count). The predicted molar refractivity (Wildman–Crippen MR) is 223 cm³/mol. The molecule has 10 aromatic carbocycles. The van der Waals surface area contributed by atoms with Gasteiger partial charge in [-0.25, -0.2) is 4.98 Å². The number of pyridine rings is 1. The quantitative estimate of drug-likeness (QED) is 0.136. The third kappa shape index (κ3) is 4.20. The molecule has 0 saturated heterocycles. The van der Waals surface area contributed by atoms with Crippen molar-refractivity contribution < 1.29 is 0 Å². The van der Waals surface area contributed by atoms with Crippen LogP contribution in [0.15, 0.2) is 188 Å². The van der Waals surface area contributed by atoms with E-state index in [0.717, 1.165) is 22.2 Å². The fraction of sp³-hybridized carbons (Fsp3) is 0. The lowest BCUT2D eigenvalue weighted by Crippen LogP contribution is -1.95. The molecule has 1 aromatic heterocycles. The highest BCUT2D eigenvalue weighted by molar-refractivity contribution is 6.33. The molecule has 0 aliphatic carbocycles. The van der Waals surface area contributed by atoms with Crippen LogP contribution >= 0.6 is 0 Å². The van der Waals surface area contributed by atoms with Crippen molar-refractivity contribution in [1.29, 1.82) is 0 Å². The Hall–Kier alpha value is -6.83. The van der Waals surface area contributed by atoms with Crippen LogP contribution in [-0.2, 0) is 0 Å². The second-order valence-electron chi connectivity index (χ2n) is 13.8. The highest BCUT2D eigenvalue weighted by atomic mass is 14.7. The van der Waals surface area contributed by atoms with Gasteiger partial charge in [0.2, 0.25) is 0 Å². The van der Waals surface area contributed by atoms with Gasteiger partial charge in [-0.15, -0.1) is 0 Å². The number of fused-ring (bicyclic) bond motifs is 10. The first-order chi connectivity index (χ1) is 25.8. The number of hydrogen-bond donors (Lipinski definition) is 0. The molecular weight excluding hydrogens is 627 g/mol. The molecule has 0 aliphatic heterocycles. The largest absolute Gasteiger partial charge is 0.247 e. The maximum absolute atomic E-state index is 5.47. The zero-order chi connectivity index (χ0) is 34.2. The molecular formula is C51H31N. The predicted octanol–water partition coefficient (Wildman–Crippen LogP) is 14.2. The summed E-state index contributed by atoms with van der Waals surface area (Å²) in [7, 11) is 0. The van der Waals surface area contributed by atoms with E-state index in [1.54, 1.807) is 0 Å². The van der Waals surface area contributed by atoms with E-state index in [9.17, 15) is 0 Å². The van der Waals surface area contributed by atoms with Crippen molar-refractivity contribution in [1.82, 2.24) is 4.98 Å². The van der Waals surface area contributed by atoms with Gasteiger partial charge in [0, 0.05) is 21.7 Å². The summed E-state index contributed by atoms with van der Waals surface area (Å²) in [5.41, 5.74) is 8.15. The lowest BCUT2D eigenvalue weighted by Gasteiger charge is -2.21. The Balaban J connectivity index is 1.35. The molecule has 0 atom stereocenters. The first-order valence-electron chi connectivity index (χ1n) is 18.0. The molecule has 0 amide bonds. The van der Waals surface area contributed by atoms with Crippen molar-refractivity contribution in [3.63, 3.8) is 0 Å². The molecule has 0 fully saturated rings. The molecule has 0 spiro atoms. The first-order valence-corrected chi connectivity index (χ1v) is 18.0. The lowest BCUT2D eigenvalue weighted by atomic mass is 9.82. The Labute approximate surface area is 301 Å². The fourth-order valence-electron chi connectivity index (χ4n) is 8.80. The summed E-state index contributed by atoms with van der Waals surface area (Å²) in [4.78, 5) is 5.47. The van der Waals surface area contributed by atoms with Crippen molar-refractivity contribution in [2.24, 2.45) is 0 Å². The third-order valence-electron chi connectivity index (χ3n) is 11.0. The van der Waals surface area contributed by atoms with Gasteiger partial charge < -0.3 is 0 Å². The summed E-state index contributed by atoms with van der Waals surface area (Å²) < 4.78 is 0. The fourth-order valence-corrected chi connectivity index (χ4v) is 8.80. The van der Waals surface area contributed by atoms with Gasteiger partial charge in [0.25, 0.3) is 0 Å². The minimum Gasteiger partial charge on any atom is -0.247 e. The standard InChI is InChI=1S/C51H31N/c1-2-17-34(18-3-1)51-45-31-44(37-22-8-9-23-39(37)49(45)50-36-21-7-5-16-33(36)29-30-46(50)52-51)48-42-26-12-10-24-40(42)47(41-25-11-13-27-43(41)48)38-28-14-19-32-15-4-6-20-35(32)38/h1-31H. The normalized spacial score (nSPS) is 11.8. The SMILES string of the molecule is c1ccc(-c2nc3ccc4ccccc4c3c3c2cc(-c2c4ccccc4c(-c4cccc5ccccc45)c4ccccc24)c2ccccc23)cc1. The molecule has 52 heavy (non-hydrogen) atoms. The van der Waals surface area contributed by atoms with Gasteiger partial charge in [0.1, 0.15) is 0 Å². The Bertz CT molecular complexity index is 3170. The third-order valence-corrected chi connectivity index (χ3v) is 11.0. The lowest BCUT2D eigenvalue weighted by molar-refractivity contribution is 1.43. The van der Waals surface area contributed by atoms with Crippen molar-refractivity contribution >= 4 is 75.5 Å². The van der Waals surface area contributed by atoms with Gasteiger partial charge in [-0.2, -0.15) is 0 Å². The summed E-state index contributed by atoms with van der Waals surface area (Å²) in [6.07, 6.45) is 0. The van der Waals surface area contributed by atoms with E-state index in [-0.39, 0.29) is 0 Å². The maximum Gasteiger partial charge on any atom is 0.0788 e. The minimum atomic E-state index is 1.01. The average molecular weight is 658 g/mol. The van der Waals surface area contributed by atoms with Crippen LogP contribution in [0.1, 0.15) is 0 Å². The van der Waals surface area contributed by atoms with Crippen LogP contribution in [0.5, 0.6) is 0 Å². The van der Waals surface area contributed by atoms with Crippen LogP contribution < -0.4 is 0 Å². The van der Waals surface area contributed by atoms with Gasteiger partial charge in [0.05, 0.1) is 11.2 Å². The molecule has 0 aliphatic rings. The van der Waals surface area contributed by atoms with Crippen molar-refractivity contribution in [2.75, 3.05) is 0 Å². The molecule has 0 unspecified atom stereocenters. The summed E-state index contributed by atoms with van der Waals surface area (Å²) >= 11 is 0. The monoisotopic (exact) mass is 657 g/mol. The highest BCUT2D eigenvalue weighted by Gasteiger charge is 2.22. The van der Waals surface area contributed by atoms with Crippen molar-refractivity contribution in [3.05, 3.63) is 188 Å². The van der Waals surface area contributed by atoms with Crippen LogP contribution in [0.4, 0.5) is 0 Å². The minimum absolute atomic E-state index is 1.01. The van der Waals surface area contributed by atoms with E-state index in [4.69, 9.17) is 4.98 Å². The van der Waals surface area contributed by atoms with Crippen LogP contribution in [0, 0.1) is 0 Å². The topological polar surface area (TPSA) is 12.9 Å². The van der Waals surface area contributed by atoms with Crippen molar-refractivity contribution in [3.8, 4) is 33.5 Å². The van der Waals surface area contributed by atoms with E-state index in [1.165, 1.54) is 86.9 Å².